The van der Waals surface area contributed by atoms with Crippen LogP contribution >= 0.6 is 0 Å². The van der Waals surface area contributed by atoms with E-state index in [4.69, 9.17) is 0 Å². The topological polar surface area (TPSA) is 0 Å². The summed E-state index contributed by atoms with van der Waals surface area (Å²) < 4.78 is 19.6. The van der Waals surface area contributed by atoms with Crippen molar-refractivity contribution >= 4 is 25.5 Å². The fraction of sp³-hybridized carbons (Fsp3) is 0. The van der Waals surface area contributed by atoms with E-state index in [0.29, 0.717) is 0 Å². The zero-order chi connectivity index (χ0) is 2.71. The molecule has 0 aromatic heterocycles. The predicted molar refractivity (Wildman–Crippen MR) is 7.97 cm³/mol. The van der Waals surface area contributed by atoms with Crippen LogP contribution in [0.2, 0.25) is 0 Å². The first kappa shape index (κ1) is 9.40. The molecule has 0 nitrogen and oxygen atoms in total. The summed E-state index contributed by atoms with van der Waals surface area (Å²) >= 11 is -2.92. The molecule has 0 atom stereocenters. The molecule has 0 rings (SSSR count). The van der Waals surface area contributed by atoms with Crippen molar-refractivity contribution < 1.29 is 42.8 Å². The SMILES string of the molecule is [F][Pb][F].[Ho]. The zero-order valence-electron chi connectivity index (χ0n) is 1.56. The average Bonchev–Trinajstić information content (AvgIpc) is 0.918. The van der Waals surface area contributed by atoms with Gasteiger partial charge in [0.25, 0.3) is 0 Å². The molecular weight excluding hydrogens is 410 g/mol. The summed E-state index contributed by atoms with van der Waals surface area (Å²) in [6.07, 6.45) is 0. The molecule has 0 aliphatic carbocycles. The van der Waals surface area contributed by atoms with Crippen LogP contribution in [0.4, 0.5) is 5.02 Å². The molecule has 0 aromatic carbocycles. The van der Waals surface area contributed by atoms with Crippen molar-refractivity contribution in [3.63, 3.8) is 0 Å². The number of halogens is 2. The van der Waals surface area contributed by atoms with Crippen LogP contribution in [-0.2, 0) is 0 Å². The molecule has 0 bridgehead atoms. The van der Waals surface area contributed by atoms with E-state index in [1.165, 1.54) is 0 Å². The molecule has 0 spiro atoms. The van der Waals surface area contributed by atoms with Gasteiger partial charge in [0.05, 0.1) is 0 Å². The van der Waals surface area contributed by atoms with Crippen molar-refractivity contribution in [2.45, 2.75) is 0 Å². The van der Waals surface area contributed by atoms with Gasteiger partial charge in [0.1, 0.15) is 0 Å². The molecule has 0 aromatic rings. The van der Waals surface area contributed by atoms with Crippen LogP contribution in [0.15, 0.2) is 0 Å². The maximum absolute atomic E-state index is 9.82. The number of hydrogen-bond donors (Lipinski definition) is 0. The van der Waals surface area contributed by atoms with E-state index >= 15 is 0 Å². The van der Waals surface area contributed by atoms with Gasteiger partial charge in [-0.25, -0.2) is 0 Å². The van der Waals surface area contributed by atoms with Crippen molar-refractivity contribution in [3.8, 4) is 0 Å². The van der Waals surface area contributed by atoms with Gasteiger partial charge >= 0.3 is 30.5 Å². The third-order valence-electron chi connectivity index (χ3n) is 0. The van der Waals surface area contributed by atoms with E-state index in [1.807, 2.05) is 0 Å². The van der Waals surface area contributed by atoms with Gasteiger partial charge in [0, 0.05) is 37.7 Å². The molecule has 0 aliphatic rings. The molecule has 0 N–H and O–H groups in total. The predicted octanol–water partition coefficient (Wildman–Crippen LogP) is 0.460. The molecular formula is F2HoPb. The standard InChI is InChI=1S/2FH.Ho.Pb/h2*1H;;/q;;;+2/p-2. The quantitative estimate of drug-likeness (QED) is 0.510. The fourth-order valence-electron chi connectivity index (χ4n) is 0. The summed E-state index contributed by atoms with van der Waals surface area (Å²) in [4.78, 5) is 0. The summed E-state index contributed by atoms with van der Waals surface area (Å²) in [5, 5.41) is 0. The molecule has 0 saturated carbocycles. The van der Waals surface area contributed by atoms with Gasteiger partial charge in [-0.1, -0.05) is 0 Å². The van der Waals surface area contributed by atoms with Crippen molar-refractivity contribution in [2.24, 2.45) is 0 Å². The Morgan fingerprint density at radius 3 is 1.25 bits per heavy atom. The second-order valence-corrected chi connectivity index (χ2v) is 0.627. The fourth-order valence-corrected chi connectivity index (χ4v) is 0. The van der Waals surface area contributed by atoms with Crippen molar-refractivity contribution in [1.29, 1.82) is 0 Å². The normalized spacial score (nSPS) is 4.50. The minimum Gasteiger partial charge on any atom is 0 e. The van der Waals surface area contributed by atoms with Crippen LogP contribution in [-0.4, -0.2) is 25.5 Å². The molecule has 4 heavy (non-hydrogen) atoms. The maximum atomic E-state index is 9.82. The third kappa shape index (κ3) is 8.97. The second kappa shape index (κ2) is 8.90. The minimum atomic E-state index is -2.92. The first-order chi connectivity index (χ1) is 1.41. The molecule has 0 aliphatic heterocycles. The second-order valence-electron chi connectivity index (χ2n) is 0.0714. The van der Waals surface area contributed by atoms with Crippen LogP contribution in [0.3, 0.4) is 0 Å². The molecule has 29 valence electrons. The van der Waals surface area contributed by atoms with Gasteiger partial charge in [-0.15, -0.1) is 0 Å². The largest absolute Gasteiger partial charge is 0 e. The van der Waals surface area contributed by atoms with Crippen LogP contribution in [0, 0.1) is 37.7 Å². The van der Waals surface area contributed by atoms with E-state index in [0.717, 1.165) is 0 Å². The summed E-state index contributed by atoms with van der Waals surface area (Å²) in [6.45, 7) is 0. The van der Waals surface area contributed by atoms with Crippen molar-refractivity contribution in [3.05, 3.63) is 0 Å². The monoisotopic (exact) mass is 411 g/mol. The van der Waals surface area contributed by atoms with E-state index in [1.54, 1.807) is 0 Å². The molecule has 3 radical (unpaired) electrons. The Hall–Kier alpha value is 2.04. The van der Waals surface area contributed by atoms with Gasteiger partial charge < -0.3 is 0 Å². The maximum Gasteiger partial charge on any atom is 0 e. The third-order valence-corrected chi connectivity index (χ3v) is 0. The number of hydrogen-bond acceptors (Lipinski definition) is 0. The van der Waals surface area contributed by atoms with E-state index < -0.39 is 25.5 Å². The Balaban J connectivity index is 0. The van der Waals surface area contributed by atoms with E-state index in [9.17, 15) is 5.02 Å². The Morgan fingerprint density at radius 2 is 1.25 bits per heavy atom. The van der Waals surface area contributed by atoms with Gasteiger partial charge in [-0.2, -0.15) is 0 Å². The summed E-state index contributed by atoms with van der Waals surface area (Å²) in [6, 6.07) is 0. The van der Waals surface area contributed by atoms with Crippen molar-refractivity contribution in [2.75, 3.05) is 0 Å². The minimum absolute atomic E-state index is 0. The van der Waals surface area contributed by atoms with Crippen LogP contribution in [0.1, 0.15) is 0 Å². The van der Waals surface area contributed by atoms with E-state index in [-0.39, 0.29) is 37.7 Å². The summed E-state index contributed by atoms with van der Waals surface area (Å²) in [5.74, 6) is 0. The first-order valence-electron chi connectivity index (χ1n) is 0.378. The van der Waals surface area contributed by atoms with Gasteiger partial charge in [0.15, 0.2) is 0 Å². The average molecular weight is 410 g/mol. The molecule has 0 amide bonds. The Bertz CT molecular complexity index is 6.00. The summed E-state index contributed by atoms with van der Waals surface area (Å²) in [7, 11) is 0. The van der Waals surface area contributed by atoms with Crippen molar-refractivity contribution in [1.82, 2.24) is 0 Å². The van der Waals surface area contributed by atoms with E-state index in [2.05, 4.69) is 0 Å². The van der Waals surface area contributed by atoms with Gasteiger partial charge in [-0.05, 0) is 0 Å². The number of rotatable bonds is 0. The zero-order valence-corrected chi connectivity index (χ0v) is 7.38. The van der Waals surface area contributed by atoms with Crippen LogP contribution in [0.5, 0.6) is 0 Å². The molecule has 0 saturated heterocycles. The smallest absolute Gasteiger partial charge is 0 e. The Labute approximate surface area is 67.0 Å². The molecule has 4 heteroatoms. The van der Waals surface area contributed by atoms with Gasteiger partial charge in [-0.3, -0.25) is 0 Å². The Morgan fingerprint density at radius 1 is 1.25 bits per heavy atom. The summed E-state index contributed by atoms with van der Waals surface area (Å²) in [5.41, 5.74) is 0. The Kier molecular flexibility index (Phi) is 20.9. The molecule has 0 heterocycles. The first-order valence-corrected chi connectivity index (χ1v) is 3.32. The molecule has 0 fully saturated rings. The van der Waals surface area contributed by atoms with Crippen LogP contribution < -0.4 is 0 Å². The molecule has 0 unspecified atom stereocenters. The van der Waals surface area contributed by atoms with Crippen LogP contribution in [0.25, 0.3) is 0 Å². The van der Waals surface area contributed by atoms with Gasteiger partial charge in [0.2, 0.25) is 0 Å².